The van der Waals surface area contributed by atoms with Crippen LogP contribution in [0.25, 0.3) is 164 Å². The number of para-hydroxylation sites is 2. The molecular weight excluding hydrogens is 1000 g/mol. The molecule has 2 nitrogen and oxygen atoms in total. The van der Waals surface area contributed by atoms with E-state index in [0.717, 1.165) is 0 Å². The lowest BCUT2D eigenvalue weighted by atomic mass is 9.81. The third-order valence-corrected chi connectivity index (χ3v) is 14.6. The summed E-state index contributed by atoms with van der Waals surface area (Å²) in [6, 6.07) is -37.3. The van der Waals surface area contributed by atoms with E-state index >= 15 is 0 Å². The molecule has 388 valence electrons. The van der Waals surface area contributed by atoms with Crippen LogP contribution in [0.3, 0.4) is 0 Å². The Morgan fingerprint density at radius 3 is 1.10 bits per heavy atom. The molecule has 15 aromatic carbocycles. The van der Waals surface area contributed by atoms with E-state index in [1.165, 1.54) is 0 Å². The molecule has 0 saturated heterocycles. The molecule has 0 N–H and O–H groups in total. The number of benzene rings is 15. The van der Waals surface area contributed by atoms with Gasteiger partial charge >= 0.3 is 0 Å². The summed E-state index contributed by atoms with van der Waals surface area (Å²) in [7, 11) is 0. The van der Waals surface area contributed by atoms with Crippen LogP contribution in [0.1, 0.15) is 88.0 Å². The van der Waals surface area contributed by atoms with Gasteiger partial charge in [0.2, 0.25) is 0 Å². The van der Waals surface area contributed by atoms with Gasteiger partial charge in [-0.1, -0.05) is 243 Å². The second-order valence-corrected chi connectivity index (χ2v) is 19.4. The number of rotatable bonds is 4. The highest BCUT2D eigenvalue weighted by molar-refractivity contribution is 6.27. The Kier molecular flexibility index (Phi) is 4.50. The monoisotopic (exact) mass is 1100 g/mol. The Hall–Kier alpha value is -10.5. The highest BCUT2D eigenvalue weighted by Gasteiger charge is 2.35. The summed E-state index contributed by atoms with van der Waals surface area (Å²) in [5.74, 6) is 0. The van der Waals surface area contributed by atoms with Crippen molar-refractivity contribution in [1.82, 2.24) is 0 Å². The third-order valence-electron chi connectivity index (χ3n) is 14.6. The Morgan fingerprint density at radius 1 is 0.241 bits per heavy atom. The lowest BCUT2D eigenvalue weighted by molar-refractivity contribution is 0.660. The number of hydrogen-bond donors (Lipinski definition) is 0. The standard InChI is InChI=1S/C41H28O.C40H24O/c1-41(2)35-17-9-7-11-27(35)33-23-25(19-21-36(33)41)39-29-13-3-5-15-31(29)40(32-16-6-4-14-30(32)39)26-20-22-38-34(24-26)28-12-8-10-18-37(28)42-38;1-2-12-27-25(11-1)23-36(29-14-4-3-13-28(27)29)40-33-18-7-5-16-31(33)39(32-17-6-8-19-34(32)40)26-21-22-38-35(24-26)30-15-9-10-20-37(30)41-38/h3-24H,1-2H3;1-24H/i3D,4D,5D,6D,7D,8D,9D,10D,11D,12D,13D,14D,15D,16D,17D,18D,19D,20D,21D,22D,23D,24D;1D,2D,3D,4D,5D,6D,7D,8D,9D,10D,11D,12D,13D,14D,15D,16D,17D,18D,19D,20D,21D,22D,23D,24D. The maximum atomic E-state index is 9.83. The fraction of sp³-hybridized carbons (Fsp3) is 0.0370. The van der Waals surface area contributed by atoms with Gasteiger partial charge in [-0.25, -0.2) is 0 Å². The summed E-state index contributed by atoms with van der Waals surface area (Å²) < 4.78 is 424. The molecule has 2 heteroatoms. The summed E-state index contributed by atoms with van der Waals surface area (Å²) in [6.45, 7) is 3.12. The van der Waals surface area contributed by atoms with E-state index in [1.807, 2.05) is 0 Å². The normalized spacial score (nSPS) is 20.6. The van der Waals surface area contributed by atoms with Crippen LogP contribution in [0.15, 0.2) is 287 Å². The van der Waals surface area contributed by atoms with Crippen LogP contribution in [0.4, 0.5) is 0 Å². The van der Waals surface area contributed by atoms with Crippen molar-refractivity contribution < 1.29 is 71.9 Å². The Morgan fingerprint density at radius 2 is 0.590 bits per heavy atom. The molecule has 83 heavy (non-hydrogen) atoms. The zero-order chi connectivity index (χ0) is 94.9. The molecule has 0 amide bonds. The van der Waals surface area contributed by atoms with Crippen molar-refractivity contribution in [2.75, 3.05) is 0 Å². The molecule has 0 unspecified atom stereocenters. The molecule has 2 aromatic heterocycles. The van der Waals surface area contributed by atoms with E-state index in [4.69, 9.17) is 48.6 Å². The van der Waals surface area contributed by atoms with E-state index in [9.17, 15) is 23.3 Å². The number of fused-ring (bicyclic) bond motifs is 16. The molecule has 17 aromatic rings. The summed E-state index contributed by atoms with van der Waals surface area (Å²) >= 11 is 0. The smallest absolute Gasteiger partial charge is 0.135 e. The first-order valence-electron chi connectivity index (χ1n) is 48.1. The molecule has 0 spiro atoms. The van der Waals surface area contributed by atoms with Gasteiger partial charge in [-0.2, -0.15) is 0 Å². The molecular formula is C81H52O2. The van der Waals surface area contributed by atoms with Crippen molar-refractivity contribution in [3.63, 3.8) is 0 Å². The molecule has 18 rings (SSSR count). The predicted molar refractivity (Wildman–Crippen MR) is 352 cm³/mol. The van der Waals surface area contributed by atoms with Gasteiger partial charge in [0.1, 0.15) is 22.3 Å². The zero-order valence-corrected chi connectivity index (χ0v) is 42.3. The highest BCUT2D eigenvalue weighted by atomic mass is 16.3. The van der Waals surface area contributed by atoms with Crippen LogP contribution < -0.4 is 0 Å². The first kappa shape index (κ1) is 20.5. The minimum atomic E-state index is -1.40. The van der Waals surface area contributed by atoms with Crippen molar-refractivity contribution in [2.45, 2.75) is 19.3 Å². The molecule has 0 aliphatic heterocycles. The number of furan rings is 2. The van der Waals surface area contributed by atoms with Crippen LogP contribution in [0.5, 0.6) is 0 Å². The van der Waals surface area contributed by atoms with Gasteiger partial charge in [-0.15, -0.1) is 0 Å². The lowest BCUT2D eigenvalue weighted by Crippen LogP contribution is -2.14. The van der Waals surface area contributed by atoms with Crippen LogP contribution in [0, 0.1) is 0 Å². The topological polar surface area (TPSA) is 26.3 Å². The van der Waals surface area contributed by atoms with Crippen molar-refractivity contribution in [3.05, 3.63) is 289 Å². The Labute approximate surface area is 544 Å². The molecule has 2 heterocycles. The molecule has 1 aliphatic carbocycles. The largest absolute Gasteiger partial charge is 0.456 e. The van der Waals surface area contributed by atoms with Crippen LogP contribution in [-0.4, -0.2) is 0 Å². The zero-order valence-electron chi connectivity index (χ0n) is 88.3. The van der Waals surface area contributed by atoms with Gasteiger partial charge in [0, 0.05) is 27.0 Å². The second-order valence-electron chi connectivity index (χ2n) is 19.4. The first-order valence-corrected chi connectivity index (χ1v) is 25.1. The first-order chi connectivity index (χ1) is 60.1. The van der Waals surface area contributed by atoms with Gasteiger partial charge < -0.3 is 8.83 Å². The average Bonchev–Trinajstić information content (AvgIpc) is 1.55. The van der Waals surface area contributed by atoms with Crippen LogP contribution in [0.2, 0.25) is 0 Å². The fourth-order valence-electron chi connectivity index (χ4n) is 11.0. The highest BCUT2D eigenvalue weighted by Crippen LogP contribution is 2.52. The predicted octanol–water partition coefficient (Wildman–Crippen LogP) is 23.1. The van der Waals surface area contributed by atoms with E-state index in [-0.39, 0.29) is 27.6 Å². The molecule has 0 bridgehead atoms. The van der Waals surface area contributed by atoms with Crippen molar-refractivity contribution in [3.8, 4) is 55.6 Å². The number of hydrogen-bond acceptors (Lipinski definition) is 2. The second kappa shape index (κ2) is 18.2. The van der Waals surface area contributed by atoms with Gasteiger partial charge in [0.25, 0.3) is 0 Å². The van der Waals surface area contributed by atoms with Crippen molar-refractivity contribution in [2.24, 2.45) is 0 Å². The minimum Gasteiger partial charge on any atom is -0.456 e. The van der Waals surface area contributed by atoms with Gasteiger partial charge in [0.15, 0.2) is 0 Å². The van der Waals surface area contributed by atoms with E-state index in [1.54, 1.807) is 13.8 Å². The molecule has 0 fully saturated rings. The Balaban J connectivity index is 0.000000181. The lowest BCUT2D eigenvalue weighted by Gasteiger charge is -2.22. The quantitative estimate of drug-likeness (QED) is 0.130. The summed E-state index contributed by atoms with van der Waals surface area (Å²) in [6.07, 6.45) is 0. The van der Waals surface area contributed by atoms with Crippen molar-refractivity contribution in [1.29, 1.82) is 0 Å². The summed E-state index contributed by atoms with van der Waals surface area (Å²) in [4.78, 5) is 0. The molecule has 1 aliphatic rings. The van der Waals surface area contributed by atoms with Gasteiger partial charge in [0.05, 0.1) is 63.1 Å². The SMILES string of the molecule is [2H]c1c([2H])c([2H])c2c(c1[2H])-c1c([2H])c(-c3c4c([2H])c([2H])c([2H])c([2H])c4c(-c4c([2H])c([2H])c5oc6c([2H])c([2H])c([2H])c([2H])c6c5c4[2H])c4c([2H])c([2H])c([2H])c([2H])c34)c([2H])c([2H])c1C2(C)C.[2H]c1c([2H])c([2H])c2c(oc3c([2H])c([2H])c(-c4c5c([2H])c([2H])c([2H])c([2H])c5c(-c5c([2H])c6c([2H])c([2H])c([2H])c([2H])c6c6c([2H])c([2H])c([2H])c([2H])c56)c5c([2H])c([2H])c([2H])c([2H])c45)c([2H])c32)c1[2H]. The van der Waals surface area contributed by atoms with E-state index in [0.29, 0.717) is 0 Å². The van der Waals surface area contributed by atoms with Crippen LogP contribution in [-0.2, 0) is 5.41 Å². The molecule has 0 saturated carbocycles. The minimum absolute atomic E-state index is 0.0186. The van der Waals surface area contributed by atoms with Crippen LogP contribution >= 0.6 is 0 Å². The molecule has 0 atom stereocenters. The summed E-state index contributed by atoms with van der Waals surface area (Å²) in [5, 5.41) is -9.02. The fourth-order valence-corrected chi connectivity index (χ4v) is 11.0. The average molecular weight is 1100 g/mol. The van der Waals surface area contributed by atoms with Crippen molar-refractivity contribution >= 4 is 109 Å². The third kappa shape index (κ3) is 7.16. The summed E-state index contributed by atoms with van der Waals surface area (Å²) in [5.41, 5.74) is -8.89. The molecule has 0 radical (unpaired) electrons. The Bertz CT molecular complexity index is 8230. The van der Waals surface area contributed by atoms with Gasteiger partial charge in [-0.05, 0) is 180 Å². The van der Waals surface area contributed by atoms with Gasteiger partial charge in [-0.3, -0.25) is 0 Å². The maximum Gasteiger partial charge on any atom is 0.135 e. The van der Waals surface area contributed by atoms with E-state index in [2.05, 4.69) is 0 Å². The van der Waals surface area contributed by atoms with E-state index < -0.39 is 431 Å². The maximum absolute atomic E-state index is 9.83.